The molecule has 6 heteroatoms. The zero-order valence-corrected chi connectivity index (χ0v) is 12.6. The zero-order valence-electron chi connectivity index (χ0n) is 11.8. The maximum absolute atomic E-state index is 12.3. The molecule has 1 atom stereocenters. The fourth-order valence-electron chi connectivity index (χ4n) is 1.88. The van der Waals surface area contributed by atoms with Gasteiger partial charge in [0.1, 0.15) is 4.88 Å². The molecule has 1 aromatic heterocycles. The van der Waals surface area contributed by atoms with Crippen LogP contribution in [0.5, 0.6) is 0 Å². The van der Waals surface area contributed by atoms with E-state index >= 15 is 0 Å². The van der Waals surface area contributed by atoms with Gasteiger partial charge in [-0.2, -0.15) is 4.37 Å². The third kappa shape index (κ3) is 3.66. The van der Waals surface area contributed by atoms with Gasteiger partial charge >= 0.3 is 5.97 Å². The molecule has 1 N–H and O–H groups in total. The van der Waals surface area contributed by atoms with Crippen molar-refractivity contribution >= 4 is 23.4 Å². The van der Waals surface area contributed by atoms with E-state index in [0.717, 1.165) is 22.8 Å². The van der Waals surface area contributed by atoms with E-state index in [1.54, 1.807) is 20.0 Å². The van der Waals surface area contributed by atoms with E-state index in [2.05, 4.69) is 4.37 Å². The Labute approximate surface area is 127 Å². The van der Waals surface area contributed by atoms with E-state index < -0.39 is 11.9 Å². The van der Waals surface area contributed by atoms with Crippen molar-refractivity contribution in [3.63, 3.8) is 0 Å². The molecule has 0 fully saturated rings. The summed E-state index contributed by atoms with van der Waals surface area (Å²) in [5.74, 6) is -1.72. The van der Waals surface area contributed by atoms with Crippen LogP contribution in [0.25, 0.3) is 11.3 Å². The quantitative estimate of drug-likeness (QED) is 0.921. The molecule has 0 spiro atoms. The second kappa shape index (κ2) is 6.49. The minimum Gasteiger partial charge on any atom is -0.481 e. The third-order valence-electron chi connectivity index (χ3n) is 3.11. The molecule has 21 heavy (non-hydrogen) atoms. The molecule has 0 saturated carbocycles. The maximum Gasteiger partial charge on any atom is 0.308 e. The normalized spacial score (nSPS) is 11.9. The molecule has 2 rings (SSSR count). The Morgan fingerprint density at radius 2 is 2.00 bits per heavy atom. The first-order valence-corrected chi connectivity index (χ1v) is 7.26. The molecule has 1 aromatic carbocycles. The van der Waals surface area contributed by atoms with Crippen LogP contribution >= 0.6 is 11.5 Å². The highest BCUT2D eigenvalue weighted by atomic mass is 32.1. The highest BCUT2D eigenvalue weighted by molar-refractivity contribution is 7.08. The van der Waals surface area contributed by atoms with Crippen molar-refractivity contribution in [1.82, 2.24) is 9.27 Å². The lowest BCUT2D eigenvalue weighted by atomic mass is 10.1. The monoisotopic (exact) mass is 304 g/mol. The summed E-state index contributed by atoms with van der Waals surface area (Å²) in [5, 5.41) is 8.89. The first-order valence-electron chi connectivity index (χ1n) is 6.49. The summed E-state index contributed by atoms with van der Waals surface area (Å²) >= 11 is 1.13. The number of carboxylic acid groups (broad SMARTS) is 1. The van der Waals surface area contributed by atoms with Gasteiger partial charge in [0.2, 0.25) is 0 Å². The van der Waals surface area contributed by atoms with Crippen molar-refractivity contribution in [2.24, 2.45) is 5.92 Å². The Morgan fingerprint density at radius 3 is 2.62 bits per heavy atom. The van der Waals surface area contributed by atoms with Crippen LogP contribution in [0.15, 0.2) is 36.4 Å². The number of nitrogens with zero attached hydrogens (tertiary/aromatic N) is 2. The number of hydrogen-bond acceptors (Lipinski definition) is 4. The number of amides is 1. The highest BCUT2D eigenvalue weighted by Crippen LogP contribution is 2.22. The molecule has 0 bridgehead atoms. The molecule has 2 aromatic rings. The van der Waals surface area contributed by atoms with Crippen molar-refractivity contribution in [1.29, 1.82) is 0 Å². The molecule has 5 nitrogen and oxygen atoms in total. The Bertz CT molecular complexity index is 639. The molecule has 0 aliphatic heterocycles. The molecule has 1 heterocycles. The molecule has 110 valence electrons. The molecule has 0 aliphatic rings. The van der Waals surface area contributed by atoms with Crippen LogP contribution in [0, 0.1) is 5.92 Å². The standard InChI is InChI=1S/C15H16N2O3S/c1-10(15(19)20)9-17(2)14(18)13-8-12(16-21-13)11-6-4-3-5-7-11/h3-8,10H,9H2,1-2H3,(H,19,20). The lowest BCUT2D eigenvalue weighted by Crippen LogP contribution is -2.33. The summed E-state index contributed by atoms with van der Waals surface area (Å²) in [7, 11) is 1.60. The van der Waals surface area contributed by atoms with E-state index in [0.29, 0.717) is 4.88 Å². The van der Waals surface area contributed by atoms with E-state index in [4.69, 9.17) is 5.11 Å². The second-order valence-electron chi connectivity index (χ2n) is 4.87. The van der Waals surface area contributed by atoms with Gasteiger partial charge in [-0.15, -0.1) is 0 Å². The first-order chi connectivity index (χ1) is 9.99. The van der Waals surface area contributed by atoms with E-state index in [1.807, 2.05) is 30.3 Å². The van der Waals surface area contributed by atoms with Gasteiger partial charge in [0.25, 0.3) is 5.91 Å². The number of rotatable bonds is 5. The van der Waals surface area contributed by atoms with Crippen molar-refractivity contribution in [3.05, 3.63) is 41.3 Å². The Hall–Kier alpha value is -2.21. The lowest BCUT2D eigenvalue weighted by Gasteiger charge is -2.18. The van der Waals surface area contributed by atoms with E-state index in [1.165, 1.54) is 4.90 Å². The van der Waals surface area contributed by atoms with E-state index in [9.17, 15) is 9.59 Å². The molecule has 1 amide bonds. The number of carbonyl (C=O) groups excluding carboxylic acids is 1. The predicted octanol–water partition coefficient (Wildman–Crippen LogP) is 2.60. The van der Waals surface area contributed by atoms with Crippen LogP contribution in [0.4, 0.5) is 0 Å². The van der Waals surface area contributed by atoms with Crippen LogP contribution in [0.1, 0.15) is 16.6 Å². The number of carbonyl (C=O) groups is 2. The van der Waals surface area contributed by atoms with Gasteiger partial charge in [-0.1, -0.05) is 37.3 Å². The molecule has 0 aliphatic carbocycles. The van der Waals surface area contributed by atoms with Crippen molar-refractivity contribution in [2.45, 2.75) is 6.92 Å². The lowest BCUT2D eigenvalue weighted by molar-refractivity contribution is -0.141. The number of hydrogen-bond donors (Lipinski definition) is 1. The van der Waals surface area contributed by atoms with E-state index in [-0.39, 0.29) is 12.5 Å². The molecular formula is C15H16N2O3S. The van der Waals surface area contributed by atoms with Crippen LogP contribution in [0.3, 0.4) is 0 Å². The average molecular weight is 304 g/mol. The van der Waals surface area contributed by atoms with Crippen molar-refractivity contribution < 1.29 is 14.7 Å². The molecule has 0 radical (unpaired) electrons. The second-order valence-corrected chi connectivity index (χ2v) is 5.67. The summed E-state index contributed by atoms with van der Waals surface area (Å²) < 4.78 is 4.28. The molecular weight excluding hydrogens is 288 g/mol. The van der Waals surface area contributed by atoms with Gasteiger partial charge in [0.15, 0.2) is 0 Å². The number of aromatic nitrogens is 1. The smallest absolute Gasteiger partial charge is 0.308 e. The van der Waals surface area contributed by atoms with Crippen LogP contribution in [-0.2, 0) is 4.79 Å². The SMILES string of the molecule is CC(CN(C)C(=O)c1cc(-c2ccccc2)ns1)C(=O)O. The number of benzene rings is 1. The topological polar surface area (TPSA) is 70.5 Å². The van der Waals surface area contributed by atoms with Gasteiger partial charge < -0.3 is 10.0 Å². The maximum atomic E-state index is 12.3. The Kier molecular flexibility index (Phi) is 4.70. The number of carboxylic acids is 1. The van der Waals surface area contributed by atoms with Gasteiger partial charge in [-0.05, 0) is 17.6 Å². The minimum absolute atomic E-state index is 0.173. The van der Waals surface area contributed by atoms with Gasteiger partial charge in [-0.25, -0.2) is 0 Å². The summed E-state index contributed by atoms with van der Waals surface area (Å²) in [6.45, 7) is 1.75. The van der Waals surface area contributed by atoms with Crippen LogP contribution in [0.2, 0.25) is 0 Å². The zero-order chi connectivity index (χ0) is 15.4. The summed E-state index contributed by atoms with van der Waals surface area (Å²) in [4.78, 5) is 25.0. The fourth-order valence-corrected chi connectivity index (χ4v) is 2.63. The summed E-state index contributed by atoms with van der Waals surface area (Å²) in [6, 6.07) is 11.3. The van der Waals surface area contributed by atoms with Crippen LogP contribution < -0.4 is 0 Å². The average Bonchev–Trinajstić information content (AvgIpc) is 2.96. The third-order valence-corrected chi connectivity index (χ3v) is 3.88. The fraction of sp³-hybridized carbons (Fsp3) is 0.267. The Balaban J connectivity index is 2.10. The first kappa shape index (κ1) is 15.2. The van der Waals surface area contributed by atoms with Crippen molar-refractivity contribution in [2.75, 3.05) is 13.6 Å². The molecule has 0 saturated heterocycles. The van der Waals surface area contributed by atoms with Gasteiger partial charge in [-0.3, -0.25) is 9.59 Å². The van der Waals surface area contributed by atoms with Gasteiger partial charge in [0, 0.05) is 19.2 Å². The largest absolute Gasteiger partial charge is 0.481 e. The summed E-state index contributed by atoms with van der Waals surface area (Å²) in [6.07, 6.45) is 0. The molecule has 1 unspecified atom stereocenters. The number of aliphatic carboxylic acids is 1. The van der Waals surface area contributed by atoms with Crippen LogP contribution in [-0.4, -0.2) is 39.8 Å². The van der Waals surface area contributed by atoms with Gasteiger partial charge in [0.05, 0.1) is 11.6 Å². The minimum atomic E-state index is -0.913. The Morgan fingerprint density at radius 1 is 1.33 bits per heavy atom. The highest BCUT2D eigenvalue weighted by Gasteiger charge is 2.20. The van der Waals surface area contributed by atoms with Crippen molar-refractivity contribution in [3.8, 4) is 11.3 Å². The predicted molar refractivity (Wildman–Crippen MR) is 81.3 cm³/mol. The summed E-state index contributed by atoms with van der Waals surface area (Å²) in [5.41, 5.74) is 1.71.